The Labute approximate surface area is 178 Å². The van der Waals surface area contributed by atoms with Gasteiger partial charge in [-0.25, -0.2) is 4.39 Å². The molecule has 7 heteroatoms. The normalized spacial score (nSPS) is 15.6. The molecule has 0 spiro atoms. The van der Waals surface area contributed by atoms with Gasteiger partial charge in [0.05, 0.1) is 19.8 Å². The van der Waals surface area contributed by atoms with E-state index in [1.54, 1.807) is 19.2 Å². The third kappa shape index (κ3) is 6.62. The number of aliphatic imine (C=N–C) groups is 1. The fourth-order valence-corrected chi connectivity index (χ4v) is 3.27. The number of nitrogens with zero attached hydrogens (tertiary/aromatic N) is 2. The van der Waals surface area contributed by atoms with Crippen molar-refractivity contribution in [3.05, 3.63) is 59.9 Å². The summed E-state index contributed by atoms with van der Waals surface area (Å²) in [6.45, 7) is 6.72. The molecule has 0 saturated carbocycles. The molecular formula is C23H31FN4O2. The maximum atomic E-state index is 13.3. The lowest BCUT2D eigenvalue weighted by molar-refractivity contribution is 0.122. The highest BCUT2D eigenvalue weighted by atomic mass is 19.1. The van der Waals surface area contributed by atoms with Crippen molar-refractivity contribution in [1.82, 2.24) is 10.6 Å². The zero-order valence-corrected chi connectivity index (χ0v) is 17.7. The minimum Gasteiger partial charge on any atom is -0.489 e. The highest BCUT2D eigenvalue weighted by Gasteiger charge is 2.12. The first-order chi connectivity index (χ1) is 14.7. The van der Waals surface area contributed by atoms with Gasteiger partial charge in [-0.2, -0.15) is 0 Å². The summed E-state index contributed by atoms with van der Waals surface area (Å²) < 4.78 is 24.6. The SMILES string of the molecule is CCC(CNC(=NC)NCc1ccc(N2CCOCC2)cc1)Oc1cccc(F)c1. The van der Waals surface area contributed by atoms with Crippen LogP contribution in [0.1, 0.15) is 18.9 Å². The maximum absolute atomic E-state index is 13.3. The number of guanidine groups is 1. The van der Waals surface area contributed by atoms with E-state index in [0.717, 1.165) is 32.7 Å². The largest absolute Gasteiger partial charge is 0.489 e. The Hall–Kier alpha value is -2.80. The van der Waals surface area contributed by atoms with Gasteiger partial charge in [-0.05, 0) is 36.2 Å². The fraction of sp³-hybridized carbons (Fsp3) is 0.435. The Balaban J connectivity index is 1.45. The second-order valence-electron chi connectivity index (χ2n) is 7.18. The van der Waals surface area contributed by atoms with E-state index < -0.39 is 0 Å². The summed E-state index contributed by atoms with van der Waals surface area (Å²) in [4.78, 5) is 6.62. The van der Waals surface area contributed by atoms with Gasteiger partial charge >= 0.3 is 0 Å². The molecule has 0 aromatic heterocycles. The summed E-state index contributed by atoms with van der Waals surface area (Å²) in [5.41, 5.74) is 2.41. The standard InChI is InChI=1S/C23H31FN4O2/c1-3-21(30-22-6-4-5-19(24)15-22)17-27-23(25-2)26-16-18-7-9-20(10-8-18)28-11-13-29-14-12-28/h4-10,15,21H,3,11-14,16-17H2,1-2H3,(H2,25,26,27). The second kappa shape index (κ2) is 11.4. The van der Waals surface area contributed by atoms with Crippen LogP contribution in [0.4, 0.5) is 10.1 Å². The van der Waals surface area contributed by atoms with E-state index >= 15 is 0 Å². The molecular weight excluding hydrogens is 383 g/mol. The van der Waals surface area contributed by atoms with Crippen LogP contribution in [0.5, 0.6) is 5.75 Å². The molecule has 1 heterocycles. The van der Waals surface area contributed by atoms with Crippen LogP contribution in [0, 0.1) is 5.82 Å². The van der Waals surface area contributed by atoms with Gasteiger partial charge < -0.3 is 25.0 Å². The average molecular weight is 415 g/mol. The average Bonchev–Trinajstić information content (AvgIpc) is 2.79. The van der Waals surface area contributed by atoms with Gasteiger partial charge in [0.25, 0.3) is 0 Å². The number of hydrogen-bond acceptors (Lipinski definition) is 4. The molecule has 3 rings (SSSR count). The smallest absolute Gasteiger partial charge is 0.191 e. The summed E-state index contributed by atoms with van der Waals surface area (Å²) in [6.07, 6.45) is 0.710. The van der Waals surface area contributed by atoms with Crippen LogP contribution >= 0.6 is 0 Å². The monoisotopic (exact) mass is 414 g/mol. The molecule has 1 aliphatic heterocycles. The van der Waals surface area contributed by atoms with E-state index in [4.69, 9.17) is 9.47 Å². The molecule has 162 valence electrons. The molecule has 1 saturated heterocycles. The van der Waals surface area contributed by atoms with Crippen molar-refractivity contribution in [2.45, 2.75) is 26.0 Å². The number of hydrogen-bond donors (Lipinski definition) is 2. The van der Waals surface area contributed by atoms with Crippen molar-refractivity contribution in [3.8, 4) is 5.75 Å². The van der Waals surface area contributed by atoms with Crippen LogP contribution in [0.3, 0.4) is 0 Å². The van der Waals surface area contributed by atoms with Gasteiger partial charge in [-0.15, -0.1) is 0 Å². The predicted octanol–water partition coefficient (Wildman–Crippen LogP) is 3.18. The van der Waals surface area contributed by atoms with Crippen molar-refractivity contribution in [1.29, 1.82) is 0 Å². The first-order valence-electron chi connectivity index (χ1n) is 10.5. The van der Waals surface area contributed by atoms with E-state index in [-0.39, 0.29) is 11.9 Å². The fourth-order valence-electron chi connectivity index (χ4n) is 3.27. The van der Waals surface area contributed by atoms with Crippen molar-refractivity contribution in [3.63, 3.8) is 0 Å². The van der Waals surface area contributed by atoms with E-state index in [1.807, 2.05) is 6.92 Å². The van der Waals surface area contributed by atoms with Crippen LogP contribution in [0.15, 0.2) is 53.5 Å². The number of ether oxygens (including phenoxy) is 2. The second-order valence-corrected chi connectivity index (χ2v) is 7.18. The molecule has 0 bridgehead atoms. The van der Waals surface area contributed by atoms with Gasteiger partial charge in [-0.1, -0.05) is 25.1 Å². The van der Waals surface area contributed by atoms with Crippen molar-refractivity contribution < 1.29 is 13.9 Å². The minimum atomic E-state index is -0.299. The lowest BCUT2D eigenvalue weighted by Gasteiger charge is -2.29. The van der Waals surface area contributed by atoms with Gasteiger partial charge in [0.1, 0.15) is 17.7 Å². The molecule has 1 aliphatic rings. The van der Waals surface area contributed by atoms with Crippen LogP contribution in [0.25, 0.3) is 0 Å². The Kier molecular flexibility index (Phi) is 8.32. The van der Waals surface area contributed by atoms with Crippen LogP contribution in [-0.2, 0) is 11.3 Å². The number of anilines is 1. The molecule has 0 aliphatic carbocycles. The molecule has 1 atom stereocenters. The van der Waals surface area contributed by atoms with Gasteiger partial charge in [0.2, 0.25) is 0 Å². The molecule has 0 amide bonds. The minimum absolute atomic E-state index is 0.0850. The Morgan fingerprint density at radius 2 is 1.93 bits per heavy atom. The summed E-state index contributed by atoms with van der Waals surface area (Å²) in [5, 5.41) is 6.61. The van der Waals surface area contributed by atoms with Crippen molar-refractivity contribution in [2.24, 2.45) is 4.99 Å². The molecule has 1 unspecified atom stereocenters. The summed E-state index contributed by atoms with van der Waals surface area (Å²) in [7, 11) is 1.74. The number of halogens is 1. The van der Waals surface area contributed by atoms with Gasteiger partial charge in [0.15, 0.2) is 5.96 Å². The molecule has 1 fully saturated rings. The highest BCUT2D eigenvalue weighted by Crippen LogP contribution is 2.17. The topological polar surface area (TPSA) is 58.1 Å². The third-order valence-electron chi connectivity index (χ3n) is 5.05. The predicted molar refractivity (Wildman–Crippen MR) is 119 cm³/mol. The molecule has 0 radical (unpaired) electrons. The number of morpholine rings is 1. The highest BCUT2D eigenvalue weighted by molar-refractivity contribution is 5.79. The first-order valence-corrected chi connectivity index (χ1v) is 10.5. The van der Waals surface area contributed by atoms with Crippen molar-refractivity contribution >= 4 is 11.6 Å². The molecule has 30 heavy (non-hydrogen) atoms. The number of benzene rings is 2. The number of rotatable bonds is 8. The van der Waals surface area contributed by atoms with Crippen LogP contribution in [-0.4, -0.2) is 52.0 Å². The summed E-state index contributed by atoms with van der Waals surface area (Å²) >= 11 is 0. The van der Waals surface area contributed by atoms with Gasteiger partial charge in [-0.3, -0.25) is 4.99 Å². The lowest BCUT2D eigenvalue weighted by atomic mass is 10.2. The molecule has 2 aromatic rings. The van der Waals surface area contributed by atoms with Crippen LogP contribution < -0.4 is 20.3 Å². The quantitative estimate of drug-likeness (QED) is 0.513. The first kappa shape index (κ1) is 21.9. The van der Waals surface area contributed by atoms with E-state index in [1.165, 1.54) is 23.4 Å². The van der Waals surface area contributed by atoms with E-state index in [0.29, 0.717) is 24.8 Å². The molecule has 6 nitrogen and oxygen atoms in total. The zero-order chi connectivity index (χ0) is 21.2. The Morgan fingerprint density at radius 3 is 2.60 bits per heavy atom. The van der Waals surface area contributed by atoms with Crippen LogP contribution in [0.2, 0.25) is 0 Å². The third-order valence-corrected chi connectivity index (χ3v) is 5.05. The molecule has 2 aromatic carbocycles. The Bertz CT molecular complexity index is 807. The number of nitrogens with one attached hydrogen (secondary N) is 2. The maximum Gasteiger partial charge on any atom is 0.191 e. The zero-order valence-electron chi connectivity index (χ0n) is 17.7. The Morgan fingerprint density at radius 1 is 1.17 bits per heavy atom. The van der Waals surface area contributed by atoms with Gasteiger partial charge in [0, 0.05) is 38.4 Å². The van der Waals surface area contributed by atoms with E-state index in [9.17, 15) is 4.39 Å². The summed E-state index contributed by atoms with van der Waals surface area (Å²) in [6, 6.07) is 14.8. The summed E-state index contributed by atoms with van der Waals surface area (Å²) in [5.74, 6) is 0.938. The lowest BCUT2D eigenvalue weighted by Crippen LogP contribution is -2.42. The van der Waals surface area contributed by atoms with Crippen molar-refractivity contribution in [2.75, 3.05) is 44.8 Å². The van der Waals surface area contributed by atoms with E-state index in [2.05, 4.69) is 44.8 Å². The molecule has 2 N–H and O–H groups in total.